The molecule has 1 aliphatic heterocycles. The van der Waals surface area contributed by atoms with E-state index in [-0.39, 0.29) is 0 Å². The molecule has 2 aromatic carbocycles. The first-order valence-electron chi connectivity index (χ1n) is 8.08. The highest BCUT2D eigenvalue weighted by Crippen LogP contribution is 2.35. The van der Waals surface area contributed by atoms with Gasteiger partial charge in [0.25, 0.3) is 0 Å². The summed E-state index contributed by atoms with van der Waals surface area (Å²) in [5.74, 6) is 2.46. The highest BCUT2D eigenvalue weighted by atomic mass is 35.5. The van der Waals surface area contributed by atoms with Gasteiger partial charge >= 0.3 is 0 Å². The van der Waals surface area contributed by atoms with Gasteiger partial charge in [0.15, 0.2) is 11.5 Å². The van der Waals surface area contributed by atoms with Crippen molar-refractivity contribution in [3.05, 3.63) is 52.8 Å². The number of anilines is 1. The minimum absolute atomic E-state index is 0.679. The van der Waals surface area contributed by atoms with E-state index in [0.29, 0.717) is 5.02 Å². The van der Waals surface area contributed by atoms with E-state index in [2.05, 4.69) is 27.0 Å². The van der Waals surface area contributed by atoms with Crippen LogP contribution >= 0.6 is 11.6 Å². The Labute approximate surface area is 151 Å². The van der Waals surface area contributed by atoms with E-state index in [1.165, 1.54) is 11.1 Å². The van der Waals surface area contributed by atoms with Crippen molar-refractivity contribution in [1.29, 1.82) is 0 Å². The normalized spacial score (nSPS) is 13.6. The average molecular weight is 356 g/mol. The second-order valence-corrected chi connectivity index (χ2v) is 6.44. The molecule has 0 N–H and O–H groups in total. The van der Waals surface area contributed by atoms with Crippen LogP contribution in [0.25, 0.3) is 10.9 Å². The van der Waals surface area contributed by atoms with Crippen LogP contribution in [0.5, 0.6) is 11.5 Å². The number of nitrogens with zero attached hydrogens (tertiary/aromatic N) is 3. The van der Waals surface area contributed by atoms with Gasteiger partial charge in [-0.25, -0.2) is 9.97 Å². The number of rotatable bonds is 3. The number of ether oxygens (including phenoxy) is 2. The van der Waals surface area contributed by atoms with Crippen LogP contribution in [0.3, 0.4) is 0 Å². The molecular formula is C19H18ClN3O2. The van der Waals surface area contributed by atoms with Crippen molar-refractivity contribution < 1.29 is 9.47 Å². The Morgan fingerprint density at radius 3 is 2.52 bits per heavy atom. The summed E-state index contributed by atoms with van der Waals surface area (Å²) < 4.78 is 10.9. The summed E-state index contributed by atoms with van der Waals surface area (Å²) in [6, 6.07) is 9.86. The Balaban J connectivity index is 1.73. The molecule has 6 heteroatoms. The summed E-state index contributed by atoms with van der Waals surface area (Å²) in [6.45, 7) is 1.65. The van der Waals surface area contributed by atoms with Gasteiger partial charge in [0, 0.05) is 23.5 Å². The molecule has 1 aromatic heterocycles. The third kappa shape index (κ3) is 2.85. The number of hydrogen-bond donors (Lipinski definition) is 0. The summed E-state index contributed by atoms with van der Waals surface area (Å²) >= 11 is 6.09. The van der Waals surface area contributed by atoms with Gasteiger partial charge in [0.2, 0.25) is 0 Å². The van der Waals surface area contributed by atoms with Crippen molar-refractivity contribution in [1.82, 2.24) is 9.97 Å². The molecule has 2 heterocycles. The highest BCUT2D eigenvalue weighted by Gasteiger charge is 2.22. The predicted octanol–water partition coefficient (Wildman–Crippen LogP) is 3.86. The molecule has 0 saturated heterocycles. The maximum atomic E-state index is 6.09. The number of benzene rings is 2. The van der Waals surface area contributed by atoms with Gasteiger partial charge in [-0.1, -0.05) is 11.6 Å². The zero-order valence-electron chi connectivity index (χ0n) is 14.1. The zero-order chi connectivity index (χ0) is 17.4. The average Bonchev–Trinajstić information content (AvgIpc) is 2.65. The SMILES string of the molecule is COc1cc2c(cc1OC)CN(c1ncnc3cc(Cl)ccc13)CC2. The standard InChI is InChI=1S/C19H18ClN3O2/c1-24-17-7-12-5-6-23(10-13(12)8-18(17)25-2)19-15-4-3-14(20)9-16(15)21-11-22-19/h3-4,7-9,11H,5-6,10H2,1-2H3. The highest BCUT2D eigenvalue weighted by molar-refractivity contribution is 6.31. The predicted molar refractivity (Wildman–Crippen MR) is 98.8 cm³/mol. The van der Waals surface area contributed by atoms with Gasteiger partial charge in [-0.15, -0.1) is 0 Å². The molecule has 0 aliphatic carbocycles. The summed E-state index contributed by atoms with van der Waals surface area (Å²) in [7, 11) is 3.32. The quantitative estimate of drug-likeness (QED) is 0.714. The number of halogens is 1. The molecule has 25 heavy (non-hydrogen) atoms. The first-order chi connectivity index (χ1) is 12.2. The minimum Gasteiger partial charge on any atom is -0.493 e. The molecule has 4 rings (SSSR count). The van der Waals surface area contributed by atoms with Crippen LogP contribution in [-0.4, -0.2) is 30.7 Å². The van der Waals surface area contributed by atoms with Crippen molar-refractivity contribution in [2.45, 2.75) is 13.0 Å². The van der Waals surface area contributed by atoms with Crippen molar-refractivity contribution in [2.24, 2.45) is 0 Å². The summed E-state index contributed by atoms with van der Waals surface area (Å²) in [5.41, 5.74) is 3.37. The van der Waals surface area contributed by atoms with Crippen LogP contribution in [0, 0.1) is 0 Å². The van der Waals surface area contributed by atoms with Gasteiger partial charge < -0.3 is 14.4 Å². The van der Waals surface area contributed by atoms with Gasteiger partial charge in [-0.3, -0.25) is 0 Å². The molecule has 0 unspecified atom stereocenters. The van der Waals surface area contributed by atoms with E-state index in [1.807, 2.05) is 18.2 Å². The Hall–Kier alpha value is -2.53. The Bertz CT molecular complexity index is 945. The van der Waals surface area contributed by atoms with Crippen molar-refractivity contribution in [3.8, 4) is 11.5 Å². The van der Waals surface area contributed by atoms with Gasteiger partial charge in [-0.2, -0.15) is 0 Å². The molecule has 0 atom stereocenters. The summed E-state index contributed by atoms with van der Waals surface area (Å²) in [4.78, 5) is 11.1. The minimum atomic E-state index is 0.679. The largest absolute Gasteiger partial charge is 0.493 e. The monoisotopic (exact) mass is 355 g/mol. The second-order valence-electron chi connectivity index (χ2n) is 6.01. The molecule has 0 amide bonds. The topological polar surface area (TPSA) is 47.5 Å². The van der Waals surface area contributed by atoms with Crippen molar-refractivity contribution in [2.75, 3.05) is 25.7 Å². The lowest BCUT2D eigenvalue weighted by Gasteiger charge is -2.31. The zero-order valence-corrected chi connectivity index (χ0v) is 14.9. The van der Waals surface area contributed by atoms with Crippen molar-refractivity contribution in [3.63, 3.8) is 0 Å². The third-order valence-corrected chi connectivity index (χ3v) is 4.83. The molecule has 128 valence electrons. The number of fused-ring (bicyclic) bond motifs is 2. The molecule has 0 fully saturated rings. The van der Waals surface area contributed by atoms with Gasteiger partial charge in [-0.05, 0) is 47.9 Å². The first-order valence-corrected chi connectivity index (χ1v) is 8.46. The third-order valence-electron chi connectivity index (χ3n) is 4.60. The number of aromatic nitrogens is 2. The summed E-state index contributed by atoms with van der Waals surface area (Å²) in [5, 5.41) is 1.69. The molecule has 0 saturated carbocycles. The van der Waals surface area contributed by atoms with Crippen LogP contribution in [0.15, 0.2) is 36.7 Å². The van der Waals surface area contributed by atoms with Crippen LogP contribution in [0.1, 0.15) is 11.1 Å². The first kappa shape index (κ1) is 16.0. The number of methoxy groups -OCH3 is 2. The van der Waals surface area contributed by atoms with Crippen LogP contribution < -0.4 is 14.4 Å². The Morgan fingerprint density at radius 1 is 1.00 bits per heavy atom. The lowest BCUT2D eigenvalue weighted by Crippen LogP contribution is -2.31. The molecule has 5 nitrogen and oxygen atoms in total. The van der Waals surface area contributed by atoms with E-state index < -0.39 is 0 Å². The number of hydrogen-bond acceptors (Lipinski definition) is 5. The maximum Gasteiger partial charge on any atom is 0.161 e. The van der Waals surface area contributed by atoms with E-state index >= 15 is 0 Å². The fourth-order valence-electron chi connectivity index (χ4n) is 3.33. The van der Waals surface area contributed by atoms with Gasteiger partial charge in [0.05, 0.1) is 19.7 Å². The molecule has 0 bridgehead atoms. The van der Waals surface area contributed by atoms with E-state index in [0.717, 1.165) is 47.7 Å². The molecular weight excluding hydrogens is 338 g/mol. The molecule has 3 aromatic rings. The summed E-state index contributed by atoms with van der Waals surface area (Å²) in [6.07, 6.45) is 2.52. The van der Waals surface area contributed by atoms with Crippen LogP contribution in [-0.2, 0) is 13.0 Å². The Morgan fingerprint density at radius 2 is 1.76 bits per heavy atom. The van der Waals surface area contributed by atoms with Crippen LogP contribution in [0.2, 0.25) is 5.02 Å². The van der Waals surface area contributed by atoms with Gasteiger partial charge in [0.1, 0.15) is 12.1 Å². The van der Waals surface area contributed by atoms with E-state index in [1.54, 1.807) is 20.5 Å². The Kier molecular flexibility index (Phi) is 4.09. The smallest absolute Gasteiger partial charge is 0.161 e. The lowest BCUT2D eigenvalue weighted by atomic mass is 9.98. The molecule has 1 aliphatic rings. The van der Waals surface area contributed by atoms with E-state index in [9.17, 15) is 0 Å². The maximum absolute atomic E-state index is 6.09. The van der Waals surface area contributed by atoms with Crippen LogP contribution in [0.4, 0.5) is 5.82 Å². The second kappa shape index (κ2) is 6.41. The lowest BCUT2D eigenvalue weighted by molar-refractivity contribution is 0.353. The van der Waals surface area contributed by atoms with Crippen molar-refractivity contribution >= 4 is 28.3 Å². The van der Waals surface area contributed by atoms with E-state index in [4.69, 9.17) is 21.1 Å². The fraction of sp³-hybridized carbons (Fsp3) is 0.263. The fourth-order valence-corrected chi connectivity index (χ4v) is 3.50. The molecule has 0 spiro atoms. The molecule has 0 radical (unpaired) electrons.